The molecule has 8 nitrogen and oxygen atoms in total. The molecule has 0 saturated carbocycles. The standard InChI is InChI=1S/C11H10F2N2O6/c1-21-11(18)8(4-16)14-10(17)5-2-6(12)7(13)3-9(5)15(19)20/h2-3,8,16H,4H2,1H3,(H,14,17). The van der Waals surface area contributed by atoms with Crippen molar-refractivity contribution in [1.29, 1.82) is 0 Å². The zero-order valence-corrected chi connectivity index (χ0v) is 10.6. The third kappa shape index (κ3) is 3.69. The molecule has 1 aromatic rings. The molecule has 0 fully saturated rings. The molecule has 0 bridgehead atoms. The molecule has 1 rings (SSSR count). The normalized spacial score (nSPS) is 11.6. The minimum atomic E-state index is -1.50. The molecule has 1 unspecified atom stereocenters. The number of nitrogens with zero attached hydrogens (tertiary/aromatic N) is 1. The zero-order valence-electron chi connectivity index (χ0n) is 10.6. The highest BCUT2D eigenvalue weighted by Crippen LogP contribution is 2.22. The summed E-state index contributed by atoms with van der Waals surface area (Å²) in [6, 6.07) is -0.916. The Morgan fingerprint density at radius 2 is 2.00 bits per heavy atom. The number of rotatable bonds is 5. The molecule has 10 heteroatoms. The fraction of sp³-hybridized carbons (Fsp3) is 0.273. The van der Waals surface area contributed by atoms with Crippen LogP contribution < -0.4 is 5.32 Å². The van der Waals surface area contributed by atoms with Gasteiger partial charge in [-0.25, -0.2) is 13.6 Å². The molecule has 114 valence electrons. The first-order valence-corrected chi connectivity index (χ1v) is 5.44. The molecule has 2 N–H and O–H groups in total. The van der Waals surface area contributed by atoms with Crippen LogP contribution in [0.4, 0.5) is 14.5 Å². The second-order valence-electron chi connectivity index (χ2n) is 3.77. The molecular weight excluding hydrogens is 294 g/mol. The Hall–Kier alpha value is -2.62. The quantitative estimate of drug-likeness (QED) is 0.453. The maximum absolute atomic E-state index is 13.1. The van der Waals surface area contributed by atoms with Crippen molar-refractivity contribution in [2.24, 2.45) is 0 Å². The maximum Gasteiger partial charge on any atom is 0.330 e. The summed E-state index contributed by atoms with van der Waals surface area (Å²) in [5.74, 6) is -5.20. The van der Waals surface area contributed by atoms with Crippen LogP contribution in [0.5, 0.6) is 0 Å². The Balaban J connectivity index is 3.15. The first-order chi connectivity index (χ1) is 9.81. The van der Waals surface area contributed by atoms with E-state index in [1.807, 2.05) is 5.32 Å². The van der Waals surface area contributed by atoms with Gasteiger partial charge in [-0.15, -0.1) is 0 Å². The Morgan fingerprint density at radius 1 is 1.43 bits per heavy atom. The topological polar surface area (TPSA) is 119 Å². The van der Waals surface area contributed by atoms with Crippen LogP contribution in [-0.4, -0.2) is 41.7 Å². The molecule has 0 aliphatic heterocycles. The number of esters is 1. The van der Waals surface area contributed by atoms with Crippen LogP contribution in [0.3, 0.4) is 0 Å². The highest BCUT2D eigenvalue weighted by molar-refractivity contribution is 6.00. The number of benzene rings is 1. The number of aliphatic hydroxyl groups excluding tert-OH is 1. The second-order valence-corrected chi connectivity index (χ2v) is 3.77. The number of carbonyl (C=O) groups is 2. The number of nitro benzene ring substituents is 1. The third-order valence-electron chi connectivity index (χ3n) is 2.45. The number of halogens is 2. The summed E-state index contributed by atoms with van der Waals surface area (Å²) < 4.78 is 30.4. The molecule has 1 aromatic carbocycles. The smallest absolute Gasteiger partial charge is 0.330 e. The number of amides is 1. The first-order valence-electron chi connectivity index (χ1n) is 5.44. The largest absolute Gasteiger partial charge is 0.467 e. The SMILES string of the molecule is COC(=O)C(CO)NC(=O)c1cc(F)c(F)cc1[N+](=O)[O-]. The number of aliphatic hydroxyl groups is 1. The number of nitro groups is 1. The van der Waals surface area contributed by atoms with Crippen molar-refractivity contribution in [3.05, 3.63) is 39.4 Å². The lowest BCUT2D eigenvalue weighted by atomic mass is 10.1. The van der Waals surface area contributed by atoms with Gasteiger partial charge in [-0.05, 0) is 6.07 Å². The van der Waals surface area contributed by atoms with Gasteiger partial charge in [0.1, 0.15) is 5.56 Å². The summed E-state index contributed by atoms with van der Waals surface area (Å²) in [5.41, 5.74) is -1.77. The van der Waals surface area contributed by atoms with E-state index in [1.54, 1.807) is 0 Å². The Labute approximate surface area is 116 Å². The van der Waals surface area contributed by atoms with Crippen molar-refractivity contribution < 1.29 is 33.1 Å². The lowest BCUT2D eigenvalue weighted by Gasteiger charge is -2.13. The number of hydrogen-bond acceptors (Lipinski definition) is 6. The fourth-order valence-corrected chi connectivity index (χ4v) is 1.43. The molecule has 21 heavy (non-hydrogen) atoms. The van der Waals surface area contributed by atoms with Gasteiger partial charge in [-0.2, -0.15) is 0 Å². The Bertz CT molecular complexity index is 592. The summed E-state index contributed by atoms with van der Waals surface area (Å²) in [4.78, 5) is 32.6. The van der Waals surface area contributed by atoms with Crippen LogP contribution in [0.25, 0.3) is 0 Å². The van der Waals surface area contributed by atoms with Crippen LogP contribution in [0.15, 0.2) is 12.1 Å². The first kappa shape index (κ1) is 16.4. The number of ether oxygens (including phenoxy) is 1. The van der Waals surface area contributed by atoms with Gasteiger partial charge in [0.05, 0.1) is 24.7 Å². The summed E-state index contributed by atoms with van der Waals surface area (Å²) >= 11 is 0. The van der Waals surface area contributed by atoms with Crippen LogP contribution in [0.1, 0.15) is 10.4 Å². The second kappa shape index (κ2) is 6.70. The van der Waals surface area contributed by atoms with E-state index in [4.69, 9.17) is 5.11 Å². The molecular formula is C11H10F2N2O6. The number of methoxy groups -OCH3 is 1. The van der Waals surface area contributed by atoms with Crippen molar-refractivity contribution in [3.63, 3.8) is 0 Å². The average Bonchev–Trinajstić information content (AvgIpc) is 2.45. The van der Waals surface area contributed by atoms with Gasteiger partial charge in [0.15, 0.2) is 17.7 Å². The average molecular weight is 304 g/mol. The molecule has 0 aromatic heterocycles. The lowest BCUT2D eigenvalue weighted by Crippen LogP contribution is -2.44. The van der Waals surface area contributed by atoms with Crippen molar-refractivity contribution in [3.8, 4) is 0 Å². The number of hydrogen-bond donors (Lipinski definition) is 2. The minimum Gasteiger partial charge on any atom is -0.467 e. The molecule has 0 radical (unpaired) electrons. The molecule has 1 atom stereocenters. The van der Waals surface area contributed by atoms with E-state index < -0.39 is 52.3 Å². The van der Waals surface area contributed by atoms with E-state index in [9.17, 15) is 28.5 Å². The van der Waals surface area contributed by atoms with Crippen molar-refractivity contribution >= 4 is 17.6 Å². The molecule has 0 aliphatic carbocycles. The minimum absolute atomic E-state index is 0.246. The van der Waals surface area contributed by atoms with Crippen LogP contribution in [0.2, 0.25) is 0 Å². The molecule has 1 amide bonds. The van der Waals surface area contributed by atoms with Crippen molar-refractivity contribution in [2.45, 2.75) is 6.04 Å². The monoisotopic (exact) mass is 304 g/mol. The molecule has 0 aliphatic rings. The van der Waals surface area contributed by atoms with Crippen LogP contribution in [-0.2, 0) is 9.53 Å². The van der Waals surface area contributed by atoms with Gasteiger partial charge < -0.3 is 15.2 Å². The van der Waals surface area contributed by atoms with E-state index in [1.165, 1.54) is 0 Å². The van der Waals surface area contributed by atoms with Crippen molar-refractivity contribution in [2.75, 3.05) is 13.7 Å². The third-order valence-corrected chi connectivity index (χ3v) is 2.45. The van der Waals surface area contributed by atoms with E-state index in [0.717, 1.165) is 7.11 Å². The highest BCUT2D eigenvalue weighted by Gasteiger charge is 2.27. The van der Waals surface area contributed by atoms with Crippen LogP contribution in [0, 0.1) is 21.7 Å². The number of nitrogens with one attached hydrogen (secondary N) is 1. The van der Waals surface area contributed by atoms with E-state index >= 15 is 0 Å². The molecule has 0 spiro atoms. The molecule has 0 saturated heterocycles. The maximum atomic E-state index is 13.1. The van der Waals surface area contributed by atoms with Crippen molar-refractivity contribution in [1.82, 2.24) is 5.32 Å². The van der Waals surface area contributed by atoms with E-state index in [-0.39, 0.29) is 6.07 Å². The summed E-state index contributed by atoms with van der Waals surface area (Å²) in [7, 11) is 0.997. The summed E-state index contributed by atoms with van der Waals surface area (Å²) in [6.07, 6.45) is 0. The fourth-order valence-electron chi connectivity index (χ4n) is 1.43. The number of carbonyl (C=O) groups excluding carboxylic acids is 2. The van der Waals surface area contributed by atoms with Gasteiger partial charge in [-0.3, -0.25) is 14.9 Å². The van der Waals surface area contributed by atoms with Gasteiger partial charge >= 0.3 is 5.97 Å². The van der Waals surface area contributed by atoms with Crippen LogP contribution >= 0.6 is 0 Å². The van der Waals surface area contributed by atoms with Gasteiger partial charge in [0, 0.05) is 0 Å². The highest BCUT2D eigenvalue weighted by atomic mass is 19.2. The Kier molecular flexibility index (Phi) is 5.24. The predicted molar refractivity (Wildman–Crippen MR) is 63.4 cm³/mol. The molecule has 0 heterocycles. The van der Waals surface area contributed by atoms with E-state index in [0.29, 0.717) is 6.07 Å². The lowest BCUT2D eigenvalue weighted by molar-refractivity contribution is -0.385. The van der Waals surface area contributed by atoms with Gasteiger partial charge in [-0.1, -0.05) is 0 Å². The summed E-state index contributed by atoms with van der Waals surface area (Å²) in [5, 5.41) is 21.6. The Morgan fingerprint density at radius 3 is 2.48 bits per heavy atom. The zero-order chi connectivity index (χ0) is 16.2. The predicted octanol–water partition coefficient (Wildman–Crippen LogP) is 0.137. The van der Waals surface area contributed by atoms with Gasteiger partial charge in [0.2, 0.25) is 0 Å². The van der Waals surface area contributed by atoms with E-state index in [2.05, 4.69) is 4.74 Å². The van der Waals surface area contributed by atoms with Gasteiger partial charge in [0.25, 0.3) is 11.6 Å². The summed E-state index contributed by atoms with van der Waals surface area (Å²) in [6.45, 7) is -0.837.